The molecule has 0 bridgehead atoms. The lowest BCUT2D eigenvalue weighted by Crippen LogP contribution is -2.58. The maximum Gasteiger partial charge on any atom is 0.407 e. The summed E-state index contributed by atoms with van der Waals surface area (Å²) in [4.78, 5) is 66.5. The highest BCUT2D eigenvalue weighted by Crippen LogP contribution is 2.29. The third-order valence-corrected chi connectivity index (χ3v) is 7.67. The Morgan fingerprint density at radius 2 is 1.64 bits per heavy atom. The highest BCUT2D eigenvalue weighted by molar-refractivity contribution is 6.38. The van der Waals surface area contributed by atoms with E-state index in [9.17, 15) is 24.0 Å². The van der Waals surface area contributed by atoms with Crippen molar-refractivity contribution >= 4 is 29.6 Å². The number of ether oxygens (including phenoxy) is 2. The second-order valence-electron chi connectivity index (χ2n) is 11.4. The number of amides is 4. The molecule has 45 heavy (non-hydrogen) atoms. The fourth-order valence-corrected chi connectivity index (χ4v) is 5.55. The van der Waals surface area contributed by atoms with Crippen molar-refractivity contribution in [1.29, 1.82) is 0 Å². The van der Waals surface area contributed by atoms with Gasteiger partial charge in [0.15, 0.2) is 0 Å². The van der Waals surface area contributed by atoms with E-state index in [0.717, 1.165) is 32.1 Å². The Morgan fingerprint density at radius 1 is 0.956 bits per heavy atom. The SMILES string of the molecule is C=CCNC(=O)C(=O)C(CCC)NC(=O)[C@@H]1CCCN1C(=O)C(NC(=O)OCCOc1ccccc1)C1CCCCC1.CCC. The molecule has 11 nitrogen and oxygen atoms in total. The summed E-state index contributed by atoms with van der Waals surface area (Å²) in [5.41, 5.74) is 0. The minimum absolute atomic E-state index is 0.00821. The molecular formula is C34H52N4O7. The highest BCUT2D eigenvalue weighted by atomic mass is 16.6. The summed E-state index contributed by atoms with van der Waals surface area (Å²) in [5, 5.41) is 7.95. The number of carbonyl (C=O) groups excluding carboxylic acids is 5. The van der Waals surface area contributed by atoms with Crippen LogP contribution in [0.5, 0.6) is 5.75 Å². The van der Waals surface area contributed by atoms with Crippen LogP contribution in [0.3, 0.4) is 0 Å². The number of carbonyl (C=O) groups is 5. The lowest BCUT2D eigenvalue weighted by atomic mass is 9.83. The molecule has 11 heteroatoms. The largest absolute Gasteiger partial charge is 0.490 e. The van der Waals surface area contributed by atoms with Gasteiger partial charge in [-0.05, 0) is 50.2 Å². The molecule has 0 spiro atoms. The topological polar surface area (TPSA) is 143 Å². The first-order valence-corrected chi connectivity index (χ1v) is 16.4. The average Bonchev–Trinajstić information content (AvgIpc) is 3.55. The first-order chi connectivity index (χ1) is 21.8. The van der Waals surface area contributed by atoms with Crippen LogP contribution in [0.25, 0.3) is 0 Å². The molecule has 3 atom stereocenters. The van der Waals surface area contributed by atoms with Crippen LogP contribution in [-0.2, 0) is 23.9 Å². The van der Waals surface area contributed by atoms with E-state index in [1.54, 1.807) is 12.1 Å². The Kier molecular flexibility index (Phi) is 17.4. The molecule has 250 valence electrons. The van der Waals surface area contributed by atoms with Crippen LogP contribution in [0, 0.1) is 5.92 Å². The zero-order chi connectivity index (χ0) is 33.0. The van der Waals surface area contributed by atoms with Crippen molar-refractivity contribution in [3.63, 3.8) is 0 Å². The lowest BCUT2D eigenvalue weighted by molar-refractivity contribution is -0.143. The van der Waals surface area contributed by atoms with Crippen LogP contribution >= 0.6 is 0 Å². The van der Waals surface area contributed by atoms with Crippen LogP contribution in [-0.4, -0.2) is 78.9 Å². The Hall–Kier alpha value is -3.89. The fourth-order valence-electron chi connectivity index (χ4n) is 5.55. The number of likely N-dealkylation sites (tertiary alicyclic amines) is 1. The number of Topliss-reactive ketones (excluding diaryl/α,β-unsaturated/α-hetero) is 1. The van der Waals surface area contributed by atoms with Crippen molar-refractivity contribution < 1.29 is 33.4 Å². The number of ketones is 1. The van der Waals surface area contributed by atoms with Crippen molar-refractivity contribution in [3.8, 4) is 5.75 Å². The van der Waals surface area contributed by atoms with Crippen LogP contribution in [0.2, 0.25) is 0 Å². The number of nitrogens with zero attached hydrogens (tertiary/aromatic N) is 1. The molecule has 1 saturated heterocycles. The van der Waals surface area contributed by atoms with Crippen LogP contribution in [0.1, 0.15) is 85.0 Å². The Bertz CT molecular complexity index is 1090. The minimum atomic E-state index is -0.995. The summed E-state index contributed by atoms with van der Waals surface area (Å²) >= 11 is 0. The molecule has 2 fully saturated rings. The molecule has 0 aromatic heterocycles. The number of nitrogens with one attached hydrogen (secondary N) is 3. The average molecular weight is 629 g/mol. The number of benzene rings is 1. The van der Waals surface area contributed by atoms with Crippen molar-refractivity contribution in [2.45, 2.75) is 103 Å². The van der Waals surface area contributed by atoms with Crippen LogP contribution < -0.4 is 20.7 Å². The first kappa shape index (κ1) is 37.3. The second-order valence-corrected chi connectivity index (χ2v) is 11.4. The van der Waals surface area contributed by atoms with E-state index >= 15 is 0 Å². The Balaban J connectivity index is 0.00000226. The molecule has 1 saturated carbocycles. The van der Waals surface area contributed by atoms with Crippen molar-refractivity contribution in [1.82, 2.24) is 20.9 Å². The van der Waals surface area contributed by atoms with Crippen molar-refractivity contribution in [3.05, 3.63) is 43.0 Å². The monoisotopic (exact) mass is 628 g/mol. The van der Waals surface area contributed by atoms with Gasteiger partial charge in [0.05, 0.1) is 6.04 Å². The smallest absolute Gasteiger partial charge is 0.407 e. The molecule has 3 rings (SSSR count). The number of alkyl carbamates (subject to hydrolysis) is 1. The quantitative estimate of drug-likeness (QED) is 0.149. The predicted octanol–water partition coefficient (Wildman–Crippen LogP) is 4.30. The molecular weight excluding hydrogens is 576 g/mol. The van der Waals surface area contributed by atoms with Crippen molar-refractivity contribution in [2.24, 2.45) is 5.92 Å². The van der Waals surface area contributed by atoms with Gasteiger partial charge in [-0.2, -0.15) is 0 Å². The van der Waals surface area contributed by atoms with Gasteiger partial charge in [0.1, 0.15) is 31.0 Å². The zero-order valence-corrected chi connectivity index (χ0v) is 27.2. The van der Waals surface area contributed by atoms with Gasteiger partial charge in [-0.15, -0.1) is 6.58 Å². The summed E-state index contributed by atoms with van der Waals surface area (Å²) in [6.07, 6.45) is 8.44. The van der Waals surface area contributed by atoms with E-state index in [4.69, 9.17) is 9.47 Å². The van der Waals surface area contributed by atoms with Crippen molar-refractivity contribution in [2.75, 3.05) is 26.3 Å². The molecule has 2 unspecified atom stereocenters. The highest BCUT2D eigenvalue weighted by Gasteiger charge is 2.41. The molecule has 1 aliphatic heterocycles. The summed E-state index contributed by atoms with van der Waals surface area (Å²) in [5.74, 6) is -1.75. The summed E-state index contributed by atoms with van der Waals surface area (Å²) in [7, 11) is 0. The van der Waals surface area contributed by atoms with Gasteiger partial charge in [0.25, 0.3) is 5.91 Å². The molecule has 4 amide bonds. The third kappa shape index (κ3) is 12.6. The van der Waals surface area contributed by atoms with Gasteiger partial charge in [0.2, 0.25) is 17.6 Å². The predicted molar refractivity (Wildman–Crippen MR) is 173 cm³/mol. The normalized spacial score (nSPS) is 17.5. The molecule has 1 aliphatic carbocycles. The molecule has 1 aromatic rings. The van der Waals surface area contributed by atoms with E-state index in [2.05, 4.69) is 36.4 Å². The van der Waals surface area contributed by atoms with Gasteiger partial charge >= 0.3 is 6.09 Å². The van der Waals surface area contributed by atoms with E-state index in [1.807, 2.05) is 25.1 Å². The number of hydrogen-bond donors (Lipinski definition) is 3. The standard InChI is InChI=1S/C31H44N4O7.C3H8/c1-3-12-24(27(36)29(38)32-18-4-2)33-28(37)25-17-11-19-35(25)30(39)26(22-13-7-5-8-14-22)34-31(40)42-21-20-41-23-15-9-6-10-16-23;1-3-2/h4,6,9-10,15-16,22,24-26H,2-3,5,7-8,11-14,17-21H2,1H3,(H,32,38)(H,33,37)(H,34,40);3H2,1-2H3/t24?,25-,26?;/m0./s1. The molecule has 3 N–H and O–H groups in total. The molecule has 1 heterocycles. The minimum Gasteiger partial charge on any atom is -0.490 e. The van der Waals surface area contributed by atoms with Gasteiger partial charge in [0, 0.05) is 13.1 Å². The van der Waals surface area contributed by atoms with E-state index < -0.39 is 41.8 Å². The fraction of sp³-hybridized carbons (Fsp3) is 0.618. The van der Waals surface area contributed by atoms with Gasteiger partial charge in [-0.1, -0.05) is 77.2 Å². The number of hydrogen-bond acceptors (Lipinski definition) is 7. The molecule has 1 aromatic carbocycles. The summed E-state index contributed by atoms with van der Waals surface area (Å²) < 4.78 is 10.9. The van der Waals surface area contributed by atoms with Gasteiger partial charge < -0.3 is 30.3 Å². The molecule has 0 radical (unpaired) electrons. The Morgan fingerprint density at radius 3 is 2.29 bits per heavy atom. The maximum absolute atomic E-state index is 13.9. The first-order valence-electron chi connectivity index (χ1n) is 16.4. The van der Waals surface area contributed by atoms with Gasteiger partial charge in [-0.25, -0.2) is 4.79 Å². The maximum atomic E-state index is 13.9. The number of rotatable bonds is 15. The second kappa shape index (κ2) is 21.0. The van der Waals surface area contributed by atoms with Gasteiger partial charge in [-0.3, -0.25) is 19.2 Å². The summed E-state index contributed by atoms with van der Waals surface area (Å²) in [6.45, 7) is 10.3. The number of para-hydroxylation sites is 1. The van der Waals surface area contributed by atoms with Crippen LogP contribution in [0.15, 0.2) is 43.0 Å². The van der Waals surface area contributed by atoms with E-state index in [1.165, 1.54) is 17.4 Å². The summed E-state index contributed by atoms with van der Waals surface area (Å²) in [6, 6.07) is 6.54. The van der Waals surface area contributed by atoms with E-state index in [0.29, 0.717) is 38.0 Å². The third-order valence-electron chi connectivity index (χ3n) is 7.67. The van der Waals surface area contributed by atoms with Crippen LogP contribution in [0.4, 0.5) is 4.79 Å². The lowest BCUT2D eigenvalue weighted by Gasteiger charge is -2.34. The Labute approximate surface area is 267 Å². The van der Waals surface area contributed by atoms with E-state index in [-0.39, 0.29) is 31.6 Å². The zero-order valence-electron chi connectivity index (χ0n) is 27.2. The molecule has 2 aliphatic rings.